The van der Waals surface area contributed by atoms with Crippen LogP contribution in [0.5, 0.6) is 0 Å². The number of rotatable bonds is 0. The quantitative estimate of drug-likeness (QED) is 0.617. The minimum absolute atomic E-state index is 0.225. The van der Waals surface area contributed by atoms with Crippen molar-refractivity contribution in [1.29, 1.82) is 0 Å². The fraction of sp³-hybridized carbons (Fsp3) is 0.125. The van der Waals surface area contributed by atoms with Crippen molar-refractivity contribution < 1.29 is 9.59 Å². The van der Waals surface area contributed by atoms with Crippen LogP contribution in [0.2, 0.25) is 10.0 Å². The van der Waals surface area contributed by atoms with Crippen molar-refractivity contribution in [2.75, 3.05) is 0 Å². The highest BCUT2D eigenvalue weighted by Gasteiger charge is 2.34. The second-order valence-electron chi connectivity index (χ2n) is 4.83. The number of benzene rings is 2. The van der Waals surface area contributed by atoms with Crippen LogP contribution in [0.25, 0.3) is 0 Å². The summed E-state index contributed by atoms with van der Waals surface area (Å²) < 4.78 is 0. The van der Waals surface area contributed by atoms with Gasteiger partial charge in [-0.05, 0) is 25.0 Å². The lowest BCUT2D eigenvalue weighted by Crippen LogP contribution is -2.22. The van der Waals surface area contributed by atoms with Gasteiger partial charge in [-0.25, -0.2) is 0 Å². The molecule has 0 aromatic heterocycles. The van der Waals surface area contributed by atoms with Crippen LogP contribution in [-0.4, -0.2) is 11.6 Å². The van der Waals surface area contributed by atoms with E-state index in [-0.39, 0.29) is 22.7 Å². The van der Waals surface area contributed by atoms with Gasteiger partial charge in [0.1, 0.15) is 0 Å². The van der Waals surface area contributed by atoms with Crippen LogP contribution >= 0.6 is 23.2 Å². The first-order valence-corrected chi connectivity index (χ1v) is 6.87. The Morgan fingerprint density at radius 1 is 0.750 bits per heavy atom. The summed E-state index contributed by atoms with van der Waals surface area (Å²) in [4.78, 5) is 25.2. The number of halogens is 2. The Balaban J connectivity index is 2.46. The second kappa shape index (κ2) is 4.44. The van der Waals surface area contributed by atoms with Crippen LogP contribution in [-0.2, 0) is 0 Å². The number of carbonyl (C=O) groups excluding carboxylic acids is 2. The van der Waals surface area contributed by atoms with Gasteiger partial charge < -0.3 is 0 Å². The topological polar surface area (TPSA) is 34.1 Å². The van der Waals surface area contributed by atoms with Gasteiger partial charge in [0.15, 0.2) is 11.6 Å². The van der Waals surface area contributed by atoms with Crippen LogP contribution in [0.15, 0.2) is 24.3 Å². The maximum Gasteiger partial charge on any atom is 0.196 e. The molecule has 100 valence electrons. The fourth-order valence-corrected chi connectivity index (χ4v) is 3.14. The van der Waals surface area contributed by atoms with Crippen LogP contribution in [0.4, 0.5) is 0 Å². The number of hydrogen-bond donors (Lipinski definition) is 0. The first kappa shape index (κ1) is 13.3. The summed E-state index contributed by atoms with van der Waals surface area (Å²) in [5.41, 5.74) is 2.68. The van der Waals surface area contributed by atoms with Crippen LogP contribution in [0.3, 0.4) is 0 Å². The molecule has 0 spiro atoms. The molecule has 4 heteroatoms. The number of ketones is 2. The van der Waals surface area contributed by atoms with E-state index in [0.717, 1.165) is 11.1 Å². The number of fused-ring (bicyclic) bond motifs is 2. The van der Waals surface area contributed by atoms with Gasteiger partial charge in [-0.15, -0.1) is 0 Å². The van der Waals surface area contributed by atoms with Crippen molar-refractivity contribution in [3.63, 3.8) is 0 Å². The summed E-state index contributed by atoms with van der Waals surface area (Å²) in [6, 6.07) is 6.73. The first-order chi connectivity index (χ1) is 9.45. The van der Waals surface area contributed by atoms with E-state index in [1.807, 2.05) is 0 Å². The van der Waals surface area contributed by atoms with Crippen LogP contribution in [0, 0.1) is 13.8 Å². The monoisotopic (exact) mass is 304 g/mol. The highest BCUT2D eigenvalue weighted by Crippen LogP contribution is 2.40. The van der Waals surface area contributed by atoms with Gasteiger partial charge in [-0.2, -0.15) is 0 Å². The molecular formula is C16H10Cl2O2. The van der Waals surface area contributed by atoms with Crippen molar-refractivity contribution in [3.8, 4) is 0 Å². The van der Waals surface area contributed by atoms with E-state index in [1.165, 1.54) is 0 Å². The van der Waals surface area contributed by atoms with E-state index in [0.29, 0.717) is 21.2 Å². The van der Waals surface area contributed by atoms with Gasteiger partial charge in [0.25, 0.3) is 0 Å². The molecule has 0 amide bonds. The SMILES string of the molecule is Cc1c(C)c(Cl)c2c(c1Cl)C(=O)c1ccccc1C2=O. The lowest BCUT2D eigenvalue weighted by atomic mass is 9.82. The zero-order valence-corrected chi connectivity index (χ0v) is 12.4. The van der Waals surface area contributed by atoms with E-state index >= 15 is 0 Å². The molecule has 3 rings (SSSR count). The van der Waals surface area contributed by atoms with Gasteiger partial charge >= 0.3 is 0 Å². The molecule has 2 nitrogen and oxygen atoms in total. The van der Waals surface area contributed by atoms with Crippen LogP contribution in [0.1, 0.15) is 43.0 Å². The molecule has 20 heavy (non-hydrogen) atoms. The molecule has 2 aromatic carbocycles. The smallest absolute Gasteiger partial charge is 0.196 e. The van der Waals surface area contributed by atoms with E-state index in [4.69, 9.17) is 23.2 Å². The molecule has 0 radical (unpaired) electrons. The van der Waals surface area contributed by atoms with Crippen LogP contribution < -0.4 is 0 Å². The lowest BCUT2D eigenvalue weighted by Gasteiger charge is -2.22. The summed E-state index contributed by atoms with van der Waals surface area (Å²) >= 11 is 12.6. The third-order valence-corrected chi connectivity index (χ3v) is 4.73. The van der Waals surface area contributed by atoms with Gasteiger partial charge in [-0.3, -0.25) is 9.59 Å². The third kappa shape index (κ3) is 1.58. The van der Waals surface area contributed by atoms with E-state index in [2.05, 4.69) is 0 Å². The average molecular weight is 305 g/mol. The molecule has 0 bridgehead atoms. The Labute approximate surface area is 126 Å². The second-order valence-corrected chi connectivity index (χ2v) is 5.59. The molecule has 0 saturated heterocycles. The molecule has 0 N–H and O–H groups in total. The minimum atomic E-state index is -0.245. The maximum absolute atomic E-state index is 12.6. The number of carbonyl (C=O) groups is 2. The molecular weight excluding hydrogens is 295 g/mol. The molecule has 0 aliphatic heterocycles. The molecule has 0 unspecified atom stereocenters. The zero-order chi connectivity index (χ0) is 14.6. The highest BCUT2D eigenvalue weighted by atomic mass is 35.5. The molecule has 0 atom stereocenters. The standard InChI is InChI=1S/C16H10Cl2O2/c1-7-8(2)14(18)12-11(13(7)17)15(19)9-5-3-4-6-10(9)16(12)20/h3-6H,1-2H3. The summed E-state index contributed by atoms with van der Waals surface area (Å²) in [6.07, 6.45) is 0. The Kier molecular flexibility index (Phi) is 2.96. The molecule has 2 aromatic rings. The van der Waals surface area contributed by atoms with Crippen molar-refractivity contribution in [2.45, 2.75) is 13.8 Å². The normalized spacial score (nSPS) is 13.2. The molecule has 1 aliphatic rings. The van der Waals surface area contributed by atoms with Crippen molar-refractivity contribution in [1.82, 2.24) is 0 Å². The van der Waals surface area contributed by atoms with Gasteiger partial charge in [-0.1, -0.05) is 47.5 Å². The Hall–Kier alpha value is -1.64. The van der Waals surface area contributed by atoms with Gasteiger partial charge in [0.05, 0.1) is 21.2 Å². The molecule has 0 fully saturated rings. The predicted molar refractivity (Wildman–Crippen MR) is 79.2 cm³/mol. The van der Waals surface area contributed by atoms with E-state index in [1.54, 1.807) is 38.1 Å². The number of hydrogen-bond acceptors (Lipinski definition) is 2. The third-order valence-electron chi connectivity index (χ3n) is 3.78. The molecule has 0 heterocycles. The first-order valence-electron chi connectivity index (χ1n) is 6.11. The Bertz CT molecular complexity index is 726. The zero-order valence-electron chi connectivity index (χ0n) is 10.9. The van der Waals surface area contributed by atoms with Crippen molar-refractivity contribution in [3.05, 3.63) is 67.7 Å². The molecule has 1 aliphatic carbocycles. The largest absolute Gasteiger partial charge is 0.289 e. The average Bonchev–Trinajstić information content (AvgIpc) is 2.46. The maximum atomic E-state index is 12.6. The summed E-state index contributed by atoms with van der Waals surface area (Å²) in [7, 11) is 0. The summed E-state index contributed by atoms with van der Waals surface area (Å²) in [6.45, 7) is 3.59. The highest BCUT2D eigenvalue weighted by molar-refractivity contribution is 6.44. The minimum Gasteiger partial charge on any atom is -0.289 e. The lowest BCUT2D eigenvalue weighted by molar-refractivity contribution is 0.0979. The molecule has 0 saturated carbocycles. The van der Waals surface area contributed by atoms with E-state index in [9.17, 15) is 9.59 Å². The summed E-state index contributed by atoms with van der Waals surface area (Å²) in [5.74, 6) is -0.490. The predicted octanol–water partition coefficient (Wildman–Crippen LogP) is 4.39. The van der Waals surface area contributed by atoms with Crippen molar-refractivity contribution >= 4 is 34.8 Å². The Morgan fingerprint density at radius 2 is 1.10 bits per heavy atom. The van der Waals surface area contributed by atoms with Crippen molar-refractivity contribution in [2.24, 2.45) is 0 Å². The Morgan fingerprint density at radius 3 is 1.45 bits per heavy atom. The van der Waals surface area contributed by atoms with Gasteiger partial charge in [0, 0.05) is 11.1 Å². The van der Waals surface area contributed by atoms with Gasteiger partial charge in [0.2, 0.25) is 0 Å². The summed E-state index contributed by atoms with van der Waals surface area (Å²) in [5, 5.41) is 0.629. The van der Waals surface area contributed by atoms with E-state index < -0.39 is 0 Å². The fourth-order valence-electron chi connectivity index (χ4n) is 2.50.